The third kappa shape index (κ3) is 6.92. The Hall–Kier alpha value is -0.610. The Bertz CT molecular complexity index is 258. The molecule has 1 saturated heterocycles. The Balaban J connectivity index is 2.19. The molecule has 1 aliphatic heterocycles. The van der Waals surface area contributed by atoms with Gasteiger partial charge >= 0.3 is 0 Å². The molecule has 19 heavy (non-hydrogen) atoms. The normalized spacial score (nSPS) is 22.2. The molecular formula is C15H31N3O. The number of rotatable bonds is 8. The molecule has 0 radical (unpaired) electrons. The Kier molecular flexibility index (Phi) is 8.07. The van der Waals surface area contributed by atoms with Crippen LogP contribution >= 0.6 is 0 Å². The van der Waals surface area contributed by atoms with Crippen LogP contribution in [-0.4, -0.2) is 49.6 Å². The van der Waals surface area contributed by atoms with Crippen molar-refractivity contribution in [3.63, 3.8) is 0 Å². The maximum atomic E-state index is 12.0. The van der Waals surface area contributed by atoms with Crippen molar-refractivity contribution in [2.24, 2.45) is 0 Å². The maximum Gasteiger partial charge on any atom is 0.234 e. The molecule has 0 aromatic carbocycles. The zero-order valence-electron chi connectivity index (χ0n) is 12.9. The van der Waals surface area contributed by atoms with Crippen LogP contribution < -0.4 is 10.6 Å². The van der Waals surface area contributed by atoms with E-state index in [2.05, 4.69) is 29.4 Å². The predicted octanol–water partition coefficient (Wildman–Crippen LogP) is 1.76. The molecule has 1 fully saturated rings. The number of hydrogen-bond acceptors (Lipinski definition) is 3. The fourth-order valence-electron chi connectivity index (χ4n) is 2.73. The van der Waals surface area contributed by atoms with Crippen molar-refractivity contribution >= 4 is 5.91 Å². The fraction of sp³-hybridized carbons (Fsp3) is 0.933. The molecule has 2 N–H and O–H groups in total. The standard InChI is InChI=1S/C15H31N3O/c1-4-5-6-8-13(2)17-15(19)12-18-10-7-9-14(11-18)16-3/h13-14,16H,4-12H2,1-3H3,(H,17,19). The van der Waals surface area contributed by atoms with Crippen LogP contribution in [0.3, 0.4) is 0 Å². The number of nitrogens with one attached hydrogen (secondary N) is 2. The summed E-state index contributed by atoms with van der Waals surface area (Å²) in [5.41, 5.74) is 0. The first kappa shape index (κ1) is 16.4. The Labute approximate surface area is 118 Å². The van der Waals surface area contributed by atoms with E-state index in [1.54, 1.807) is 0 Å². The zero-order valence-corrected chi connectivity index (χ0v) is 12.9. The summed E-state index contributed by atoms with van der Waals surface area (Å²) >= 11 is 0. The lowest BCUT2D eigenvalue weighted by Gasteiger charge is -2.32. The molecule has 2 unspecified atom stereocenters. The van der Waals surface area contributed by atoms with E-state index in [4.69, 9.17) is 0 Å². The molecule has 112 valence electrons. The number of unbranched alkanes of at least 4 members (excludes halogenated alkanes) is 2. The van der Waals surface area contributed by atoms with Crippen LogP contribution in [0.15, 0.2) is 0 Å². The third-order valence-corrected chi connectivity index (χ3v) is 3.93. The molecule has 0 saturated carbocycles. The second kappa shape index (κ2) is 9.32. The van der Waals surface area contributed by atoms with E-state index in [9.17, 15) is 4.79 Å². The monoisotopic (exact) mass is 269 g/mol. The minimum atomic E-state index is 0.181. The van der Waals surface area contributed by atoms with E-state index >= 15 is 0 Å². The molecule has 1 rings (SSSR count). The van der Waals surface area contributed by atoms with Crippen LogP contribution in [0.4, 0.5) is 0 Å². The minimum absolute atomic E-state index is 0.181. The first-order valence-corrected chi connectivity index (χ1v) is 7.84. The summed E-state index contributed by atoms with van der Waals surface area (Å²) in [7, 11) is 2.00. The van der Waals surface area contributed by atoms with Crippen molar-refractivity contribution in [3.8, 4) is 0 Å². The topological polar surface area (TPSA) is 44.4 Å². The number of likely N-dealkylation sites (N-methyl/N-ethyl adjacent to an activating group) is 1. The Morgan fingerprint density at radius 2 is 2.21 bits per heavy atom. The van der Waals surface area contributed by atoms with E-state index in [0.717, 1.165) is 19.5 Å². The van der Waals surface area contributed by atoms with E-state index in [1.165, 1.54) is 32.1 Å². The Morgan fingerprint density at radius 3 is 2.89 bits per heavy atom. The van der Waals surface area contributed by atoms with Crippen molar-refractivity contribution in [1.82, 2.24) is 15.5 Å². The van der Waals surface area contributed by atoms with Gasteiger partial charge in [-0.15, -0.1) is 0 Å². The van der Waals surface area contributed by atoms with Gasteiger partial charge in [-0.1, -0.05) is 26.2 Å². The van der Waals surface area contributed by atoms with E-state index in [0.29, 0.717) is 18.6 Å². The van der Waals surface area contributed by atoms with Gasteiger partial charge in [0.25, 0.3) is 0 Å². The smallest absolute Gasteiger partial charge is 0.234 e. The Morgan fingerprint density at radius 1 is 1.42 bits per heavy atom. The molecule has 0 aliphatic carbocycles. The van der Waals surface area contributed by atoms with Gasteiger partial charge < -0.3 is 10.6 Å². The lowest BCUT2D eigenvalue weighted by molar-refractivity contribution is -0.123. The highest BCUT2D eigenvalue weighted by atomic mass is 16.2. The number of hydrogen-bond donors (Lipinski definition) is 2. The van der Waals surface area contributed by atoms with Gasteiger partial charge in [-0.2, -0.15) is 0 Å². The van der Waals surface area contributed by atoms with Crippen LogP contribution in [0.1, 0.15) is 52.4 Å². The van der Waals surface area contributed by atoms with Crippen molar-refractivity contribution in [3.05, 3.63) is 0 Å². The first-order chi connectivity index (χ1) is 9.15. The minimum Gasteiger partial charge on any atom is -0.353 e. The second-order valence-electron chi connectivity index (χ2n) is 5.83. The lowest BCUT2D eigenvalue weighted by atomic mass is 10.1. The highest BCUT2D eigenvalue weighted by Crippen LogP contribution is 2.09. The van der Waals surface area contributed by atoms with Crippen LogP contribution in [0.5, 0.6) is 0 Å². The van der Waals surface area contributed by atoms with Gasteiger partial charge in [-0.25, -0.2) is 0 Å². The van der Waals surface area contributed by atoms with Crippen molar-refractivity contribution < 1.29 is 4.79 Å². The summed E-state index contributed by atoms with van der Waals surface area (Å²) in [6.07, 6.45) is 7.21. The van der Waals surface area contributed by atoms with Crippen LogP contribution in [0, 0.1) is 0 Å². The van der Waals surface area contributed by atoms with Gasteiger partial charge in [0.05, 0.1) is 6.54 Å². The highest BCUT2D eigenvalue weighted by molar-refractivity contribution is 5.78. The van der Waals surface area contributed by atoms with Gasteiger partial charge in [-0.05, 0) is 39.8 Å². The predicted molar refractivity (Wildman–Crippen MR) is 80.3 cm³/mol. The molecule has 1 aliphatic rings. The average molecular weight is 269 g/mol. The van der Waals surface area contributed by atoms with Gasteiger partial charge in [-0.3, -0.25) is 9.69 Å². The summed E-state index contributed by atoms with van der Waals surface area (Å²) in [6, 6.07) is 0.854. The van der Waals surface area contributed by atoms with E-state index < -0.39 is 0 Å². The number of nitrogens with zero attached hydrogens (tertiary/aromatic N) is 1. The molecule has 1 heterocycles. The van der Waals surface area contributed by atoms with Crippen molar-refractivity contribution in [1.29, 1.82) is 0 Å². The summed E-state index contributed by atoms with van der Waals surface area (Å²) in [4.78, 5) is 14.2. The van der Waals surface area contributed by atoms with Crippen molar-refractivity contribution in [2.45, 2.75) is 64.5 Å². The van der Waals surface area contributed by atoms with Gasteiger partial charge in [0.2, 0.25) is 5.91 Å². The van der Waals surface area contributed by atoms with Gasteiger partial charge in [0.1, 0.15) is 0 Å². The highest BCUT2D eigenvalue weighted by Gasteiger charge is 2.20. The SMILES string of the molecule is CCCCCC(C)NC(=O)CN1CCCC(NC)C1. The molecule has 0 aromatic rings. The summed E-state index contributed by atoms with van der Waals surface area (Å²) in [5, 5.41) is 6.43. The average Bonchev–Trinajstić information content (AvgIpc) is 2.39. The lowest BCUT2D eigenvalue weighted by Crippen LogP contribution is -2.48. The van der Waals surface area contributed by atoms with Crippen LogP contribution in [0.2, 0.25) is 0 Å². The largest absolute Gasteiger partial charge is 0.353 e. The number of carbonyl (C=O) groups is 1. The fourth-order valence-corrected chi connectivity index (χ4v) is 2.73. The van der Waals surface area contributed by atoms with Crippen LogP contribution in [-0.2, 0) is 4.79 Å². The van der Waals surface area contributed by atoms with Gasteiger partial charge in [0, 0.05) is 18.6 Å². The quantitative estimate of drug-likeness (QED) is 0.660. The number of likely N-dealkylation sites (tertiary alicyclic amines) is 1. The summed E-state index contributed by atoms with van der Waals surface area (Å²) in [6.45, 7) is 6.91. The van der Waals surface area contributed by atoms with E-state index in [1.807, 2.05) is 7.05 Å². The maximum absolute atomic E-state index is 12.0. The third-order valence-electron chi connectivity index (χ3n) is 3.93. The molecule has 0 spiro atoms. The molecule has 4 heteroatoms. The molecular weight excluding hydrogens is 238 g/mol. The second-order valence-corrected chi connectivity index (χ2v) is 5.83. The van der Waals surface area contributed by atoms with Gasteiger partial charge in [0.15, 0.2) is 0 Å². The number of carbonyl (C=O) groups excluding carboxylic acids is 1. The van der Waals surface area contributed by atoms with Crippen LogP contribution in [0.25, 0.3) is 0 Å². The first-order valence-electron chi connectivity index (χ1n) is 7.84. The summed E-state index contributed by atoms with van der Waals surface area (Å²) < 4.78 is 0. The molecule has 2 atom stereocenters. The molecule has 1 amide bonds. The molecule has 0 aromatic heterocycles. The van der Waals surface area contributed by atoms with E-state index in [-0.39, 0.29) is 5.91 Å². The summed E-state index contributed by atoms with van der Waals surface area (Å²) in [5.74, 6) is 0.181. The van der Waals surface area contributed by atoms with Crippen molar-refractivity contribution in [2.75, 3.05) is 26.7 Å². The number of piperidine rings is 1. The molecule has 4 nitrogen and oxygen atoms in total. The zero-order chi connectivity index (χ0) is 14.1. The number of amides is 1. The molecule has 0 bridgehead atoms.